The van der Waals surface area contributed by atoms with Crippen molar-refractivity contribution in [2.45, 2.75) is 19.5 Å². The van der Waals surface area contributed by atoms with Gasteiger partial charge < -0.3 is 14.8 Å². The maximum Gasteiger partial charge on any atom is 0.263 e. The first-order chi connectivity index (χ1) is 16.2. The number of para-hydroxylation sites is 2. The van der Waals surface area contributed by atoms with E-state index in [0.29, 0.717) is 11.4 Å². The zero-order valence-electron chi connectivity index (χ0n) is 18.2. The van der Waals surface area contributed by atoms with Crippen molar-refractivity contribution in [3.8, 4) is 11.5 Å². The molecule has 0 saturated heterocycles. The monoisotopic (exact) mass is 437 g/mol. The van der Waals surface area contributed by atoms with Gasteiger partial charge in [-0.3, -0.25) is 9.69 Å². The van der Waals surface area contributed by atoms with E-state index in [-0.39, 0.29) is 24.8 Å². The predicted molar refractivity (Wildman–Crippen MR) is 128 cm³/mol. The molecule has 6 nitrogen and oxygen atoms in total. The SMILES string of the molecule is C[C@@H](Cc1ccc2c(c1)OCO2)[C@@H]1Nc2nc3ccccc3cc2C(=O)N1c1ccccc1. The number of nitrogens with one attached hydrogen (secondary N) is 1. The molecule has 0 bridgehead atoms. The lowest BCUT2D eigenvalue weighted by atomic mass is 9.94. The lowest BCUT2D eigenvalue weighted by molar-refractivity contribution is 0.0966. The highest BCUT2D eigenvalue weighted by atomic mass is 16.7. The number of ether oxygens (including phenoxy) is 2. The summed E-state index contributed by atoms with van der Waals surface area (Å²) in [7, 11) is 0. The number of amides is 1. The second kappa shape index (κ2) is 7.81. The summed E-state index contributed by atoms with van der Waals surface area (Å²) in [6.45, 7) is 2.41. The largest absolute Gasteiger partial charge is 0.454 e. The molecule has 6 rings (SSSR count). The van der Waals surface area contributed by atoms with Crippen LogP contribution in [0.5, 0.6) is 11.5 Å². The standard InChI is InChI=1S/C27H23N3O3/c1-17(13-18-11-12-23-24(14-18)33-16-32-23)26-29-25-21(15-19-7-5-6-10-22(19)28-25)27(31)30(26)20-8-3-2-4-9-20/h2-12,14-15,17,26H,13,16H2,1H3,(H,28,29)/t17-,26+/m0/s1. The van der Waals surface area contributed by atoms with Crippen molar-refractivity contribution in [3.05, 3.63) is 90.0 Å². The normalized spacial score (nSPS) is 17.5. The zero-order chi connectivity index (χ0) is 22.4. The molecule has 3 heterocycles. The second-order valence-corrected chi connectivity index (χ2v) is 8.55. The highest BCUT2D eigenvalue weighted by Gasteiger charge is 2.37. The van der Waals surface area contributed by atoms with Crippen LogP contribution in [0.25, 0.3) is 10.9 Å². The molecule has 1 N–H and O–H groups in total. The van der Waals surface area contributed by atoms with Gasteiger partial charge in [0.15, 0.2) is 11.5 Å². The van der Waals surface area contributed by atoms with Gasteiger partial charge in [0, 0.05) is 11.1 Å². The molecule has 0 fully saturated rings. The highest BCUT2D eigenvalue weighted by Crippen LogP contribution is 2.36. The molecular formula is C27H23N3O3. The Kier molecular flexibility index (Phi) is 4.64. The van der Waals surface area contributed by atoms with Crippen LogP contribution in [0.4, 0.5) is 11.5 Å². The summed E-state index contributed by atoms with van der Waals surface area (Å²) in [5.41, 5.74) is 3.44. The molecule has 4 aromatic rings. The minimum atomic E-state index is -0.258. The van der Waals surface area contributed by atoms with Crippen LogP contribution in [-0.2, 0) is 6.42 Å². The van der Waals surface area contributed by atoms with Gasteiger partial charge in [0.05, 0.1) is 11.1 Å². The number of benzene rings is 3. The summed E-state index contributed by atoms with van der Waals surface area (Å²) in [6.07, 6.45) is 0.500. The quantitative estimate of drug-likeness (QED) is 0.473. The molecule has 33 heavy (non-hydrogen) atoms. The average molecular weight is 437 g/mol. The Morgan fingerprint density at radius 2 is 1.79 bits per heavy atom. The van der Waals surface area contributed by atoms with Crippen LogP contribution >= 0.6 is 0 Å². The number of carbonyl (C=O) groups is 1. The van der Waals surface area contributed by atoms with Gasteiger partial charge in [-0.05, 0) is 54.3 Å². The van der Waals surface area contributed by atoms with Crippen LogP contribution in [0.15, 0.2) is 78.9 Å². The van der Waals surface area contributed by atoms with E-state index >= 15 is 0 Å². The molecule has 1 aromatic heterocycles. The van der Waals surface area contributed by atoms with Crippen LogP contribution in [0.2, 0.25) is 0 Å². The molecule has 0 saturated carbocycles. The molecule has 2 aliphatic rings. The Morgan fingerprint density at radius 1 is 1.00 bits per heavy atom. The third-order valence-electron chi connectivity index (χ3n) is 6.30. The number of anilines is 2. The number of hydrogen-bond donors (Lipinski definition) is 1. The molecule has 6 heteroatoms. The Balaban J connectivity index is 1.39. The maximum absolute atomic E-state index is 13.8. The summed E-state index contributed by atoms with van der Waals surface area (Å²) >= 11 is 0. The van der Waals surface area contributed by atoms with E-state index in [1.165, 1.54) is 0 Å². The van der Waals surface area contributed by atoms with E-state index < -0.39 is 0 Å². The number of rotatable bonds is 4. The number of hydrogen-bond acceptors (Lipinski definition) is 5. The Bertz CT molecular complexity index is 1360. The second-order valence-electron chi connectivity index (χ2n) is 8.55. The van der Waals surface area contributed by atoms with Crippen LogP contribution in [-0.4, -0.2) is 23.8 Å². The minimum absolute atomic E-state index is 0.0456. The third kappa shape index (κ3) is 3.44. The predicted octanol–water partition coefficient (Wildman–Crippen LogP) is 5.24. The Labute approximate surface area is 191 Å². The third-order valence-corrected chi connectivity index (χ3v) is 6.30. The smallest absolute Gasteiger partial charge is 0.263 e. The zero-order valence-corrected chi connectivity index (χ0v) is 18.2. The Hall–Kier alpha value is -4.06. The molecule has 0 unspecified atom stereocenters. The summed E-state index contributed by atoms with van der Waals surface area (Å²) in [4.78, 5) is 20.4. The first kappa shape index (κ1) is 19.6. The van der Waals surface area contributed by atoms with Crippen molar-refractivity contribution in [1.82, 2.24) is 4.98 Å². The fraction of sp³-hybridized carbons (Fsp3) is 0.185. The van der Waals surface area contributed by atoms with E-state index in [1.807, 2.05) is 77.7 Å². The summed E-state index contributed by atoms with van der Waals surface area (Å²) in [5, 5.41) is 4.53. The number of pyridine rings is 1. The summed E-state index contributed by atoms with van der Waals surface area (Å²) in [5.74, 6) is 2.22. The first-order valence-electron chi connectivity index (χ1n) is 11.1. The summed E-state index contributed by atoms with van der Waals surface area (Å²) in [6, 6.07) is 25.6. The van der Waals surface area contributed by atoms with Crippen molar-refractivity contribution in [2.75, 3.05) is 17.0 Å². The lowest BCUT2D eigenvalue weighted by Crippen LogP contribution is -2.53. The van der Waals surface area contributed by atoms with Crippen molar-refractivity contribution in [3.63, 3.8) is 0 Å². The van der Waals surface area contributed by atoms with Gasteiger partial charge in [-0.25, -0.2) is 4.98 Å². The number of fused-ring (bicyclic) bond motifs is 3. The van der Waals surface area contributed by atoms with E-state index in [0.717, 1.165) is 40.1 Å². The number of aromatic nitrogens is 1. The van der Waals surface area contributed by atoms with E-state index in [2.05, 4.69) is 18.3 Å². The number of nitrogens with zero attached hydrogens (tertiary/aromatic N) is 2. The number of carbonyl (C=O) groups excluding carboxylic acids is 1. The van der Waals surface area contributed by atoms with Gasteiger partial charge in [-0.1, -0.05) is 49.4 Å². The van der Waals surface area contributed by atoms with Gasteiger partial charge in [-0.2, -0.15) is 0 Å². The van der Waals surface area contributed by atoms with Gasteiger partial charge >= 0.3 is 0 Å². The van der Waals surface area contributed by atoms with Crippen molar-refractivity contribution in [1.29, 1.82) is 0 Å². The van der Waals surface area contributed by atoms with Gasteiger partial charge in [0.1, 0.15) is 12.0 Å². The molecule has 1 amide bonds. The van der Waals surface area contributed by atoms with Crippen molar-refractivity contribution < 1.29 is 14.3 Å². The molecule has 2 atom stereocenters. The molecule has 2 aliphatic heterocycles. The molecule has 3 aromatic carbocycles. The van der Waals surface area contributed by atoms with Crippen molar-refractivity contribution in [2.24, 2.45) is 5.92 Å². The van der Waals surface area contributed by atoms with Gasteiger partial charge in [0.2, 0.25) is 6.79 Å². The van der Waals surface area contributed by atoms with Crippen LogP contribution in [0.3, 0.4) is 0 Å². The van der Waals surface area contributed by atoms with E-state index in [4.69, 9.17) is 14.5 Å². The van der Waals surface area contributed by atoms with Gasteiger partial charge in [-0.15, -0.1) is 0 Å². The fourth-order valence-electron chi connectivity index (χ4n) is 4.66. The van der Waals surface area contributed by atoms with Crippen molar-refractivity contribution >= 4 is 28.3 Å². The minimum Gasteiger partial charge on any atom is -0.454 e. The Morgan fingerprint density at radius 3 is 2.67 bits per heavy atom. The average Bonchev–Trinajstić information content (AvgIpc) is 3.31. The molecular weight excluding hydrogens is 414 g/mol. The maximum atomic E-state index is 13.8. The lowest BCUT2D eigenvalue weighted by Gasteiger charge is -2.40. The fourth-order valence-corrected chi connectivity index (χ4v) is 4.66. The first-order valence-corrected chi connectivity index (χ1v) is 11.1. The van der Waals surface area contributed by atoms with E-state index in [9.17, 15) is 4.79 Å². The highest BCUT2D eigenvalue weighted by molar-refractivity contribution is 6.13. The van der Waals surface area contributed by atoms with Crippen LogP contribution < -0.4 is 19.7 Å². The van der Waals surface area contributed by atoms with Crippen LogP contribution in [0.1, 0.15) is 22.8 Å². The molecule has 164 valence electrons. The topological polar surface area (TPSA) is 63.7 Å². The van der Waals surface area contributed by atoms with E-state index in [1.54, 1.807) is 0 Å². The molecule has 0 aliphatic carbocycles. The summed E-state index contributed by atoms with van der Waals surface area (Å²) < 4.78 is 11.0. The van der Waals surface area contributed by atoms with Gasteiger partial charge in [0.25, 0.3) is 5.91 Å². The molecule has 0 radical (unpaired) electrons. The van der Waals surface area contributed by atoms with Crippen LogP contribution in [0, 0.1) is 5.92 Å². The molecule has 0 spiro atoms.